The first-order valence-corrected chi connectivity index (χ1v) is 9.73. The van der Waals surface area contributed by atoms with Gasteiger partial charge in [0.15, 0.2) is 17.5 Å². The lowest BCUT2D eigenvalue weighted by Gasteiger charge is -2.37. The Bertz CT molecular complexity index is 702. The molecule has 1 aromatic carbocycles. The van der Waals surface area contributed by atoms with Gasteiger partial charge in [-0.3, -0.25) is 9.79 Å². The number of benzene rings is 1. The molecule has 0 spiro atoms. The summed E-state index contributed by atoms with van der Waals surface area (Å²) in [6, 6.07) is 5.85. The van der Waals surface area contributed by atoms with Crippen LogP contribution in [0.4, 0.5) is 0 Å². The molecule has 8 nitrogen and oxygen atoms in total. The van der Waals surface area contributed by atoms with Crippen LogP contribution in [0.15, 0.2) is 23.2 Å². The Labute approximate surface area is 189 Å². The van der Waals surface area contributed by atoms with Crippen molar-refractivity contribution in [1.82, 2.24) is 15.1 Å². The summed E-state index contributed by atoms with van der Waals surface area (Å²) >= 11 is 0. The molecule has 2 aliphatic rings. The third kappa shape index (κ3) is 5.88. The standard InChI is InChI=1S/C20H30N4O4.HI/c1-21-20(22-14-15-6-7-16(26-2)18(13-15)27-3)24-10-8-23(9-11-24)19(25)17-5-4-12-28-17;/h6-7,13,17H,4-5,8-12,14H2,1-3H3,(H,21,22);1H. The summed E-state index contributed by atoms with van der Waals surface area (Å²) in [6.07, 6.45) is 1.57. The number of hydrogen-bond donors (Lipinski definition) is 1. The fourth-order valence-corrected chi connectivity index (χ4v) is 3.62. The highest BCUT2D eigenvalue weighted by atomic mass is 127. The van der Waals surface area contributed by atoms with Crippen LogP contribution < -0.4 is 14.8 Å². The first kappa shape index (κ1) is 23.5. The highest BCUT2D eigenvalue weighted by Gasteiger charge is 2.30. The van der Waals surface area contributed by atoms with Crippen molar-refractivity contribution in [1.29, 1.82) is 0 Å². The van der Waals surface area contributed by atoms with Crippen molar-refractivity contribution in [2.24, 2.45) is 4.99 Å². The van der Waals surface area contributed by atoms with E-state index in [1.807, 2.05) is 23.1 Å². The van der Waals surface area contributed by atoms with Crippen molar-refractivity contribution in [2.45, 2.75) is 25.5 Å². The van der Waals surface area contributed by atoms with Gasteiger partial charge < -0.3 is 29.3 Å². The van der Waals surface area contributed by atoms with Crippen LogP contribution in [0.1, 0.15) is 18.4 Å². The molecule has 1 atom stereocenters. The van der Waals surface area contributed by atoms with Crippen molar-refractivity contribution in [3.8, 4) is 11.5 Å². The predicted octanol–water partition coefficient (Wildman–Crippen LogP) is 1.72. The zero-order valence-electron chi connectivity index (χ0n) is 17.3. The van der Waals surface area contributed by atoms with Gasteiger partial charge in [-0.1, -0.05) is 6.07 Å². The number of carbonyl (C=O) groups excluding carboxylic acids is 1. The zero-order chi connectivity index (χ0) is 19.9. The molecule has 0 aromatic heterocycles. The average Bonchev–Trinajstić information content (AvgIpc) is 3.29. The number of rotatable bonds is 5. The van der Waals surface area contributed by atoms with Crippen LogP contribution in [-0.4, -0.2) is 81.8 Å². The minimum atomic E-state index is -0.242. The van der Waals surface area contributed by atoms with E-state index in [2.05, 4.69) is 15.2 Å². The van der Waals surface area contributed by atoms with E-state index in [0.29, 0.717) is 37.7 Å². The molecule has 2 fully saturated rings. The van der Waals surface area contributed by atoms with Gasteiger partial charge in [-0.05, 0) is 30.5 Å². The number of nitrogens with zero attached hydrogens (tertiary/aromatic N) is 3. The maximum atomic E-state index is 12.5. The second kappa shape index (κ2) is 11.4. The molecule has 0 bridgehead atoms. The quantitative estimate of drug-likeness (QED) is 0.364. The monoisotopic (exact) mass is 518 g/mol. The van der Waals surface area contributed by atoms with Crippen molar-refractivity contribution in [3.63, 3.8) is 0 Å². The molecule has 0 saturated carbocycles. The highest BCUT2D eigenvalue weighted by Crippen LogP contribution is 2.27. The van der Waals surface area contributed by atoms with Crippen molar-refractivity contribution < 1.29 is 19.0 Å². The average molecular weight is 518 g/mol. The summed E-state index contributed by atoms with van der Waals surface area (Å²) < 4.78 is 16.2. The Balaban J connectivity index is 0.00000300. The van der Waals surface area contributed by atoms with Gasteiger partial charge in [0.25, 0.3) is 5.91 Å². The summed E-state index contributed by atoms with van der Waals surface area (Å²) in [4.78, 5) is 21.0. The van der Waals surface area contributed by atoms with E-state index >= 15 is 0 Å². The maximum Gasteiger partial charge on any atom is 0.251 e. The SMILES string of the molecule is CN=C(NCc1ccc(OC)c(OC)c1)N1CCN(C(=O)C2CCCO2)CC1.I. The van der Waals surface area contributed by atoms with Gasteiger partial charge in [0.2, 0.25) is 0 Å². The van der Waals surface area contributed by atoms with Crippen LogP contribution in [0.5, 0.6) is 11.5 Å². The molecule has 0 aliphatic carbocycles. The molecule has 1 unspecified atom stereocenters. The third-order valence-corrected chi connectivity index (χ3v) is 5.21. The molecule has 2 aliphatic heterocycles. The Morgan fingerprint density at radius 2 is 1.86 bits per heavy atom. The molecule has 9 heteroatoms. The fraction of sp³-hybridized carbons (Fsp3) is 0.600. The molecule has 1 N–H and O–H groups in total. The van der Waals surface area contributed by atoms with E-state index in [1.165, 1.54) is 0 Å². The van der Waals surface area contributed by atoms with E-state index in [9.17, 15) is 4.79 Å². The molecule has 29 heavy (non-hydrogen) atoms. The van der Waals surface area contributed by atoms with Crippen molar-refractivity contribution in [2.75, 3.05) is 54.1 Å². The van der Waals surface area contributed by atoms with Gasteiger partial charge in [-0.2, -0.15) is 0 Å². The topological polar surface area (TPSA) is 75.6 Å². The number of halogens is 1. The number of methoxy groups -OCH3 is 2. The Morgan fingerprint density at radius 3 is 2.45 bits per heavy atom. The molecular weight excluding hydrogens is 487 g/mol. The van der Waals surface area contributed by atoms with Crippen molar-refractivity contribution >= 4 is 35.8 Å². The maximum absolute atomic E-state index is 12.5. The summed E-state index contributed by atoms with van der Waals surface area (Å²) in [5.74, 6) is 2.38. The summed E-state index contributed by atoms with van der Waals surface area (Å²) in [7, 11) is 5.03. The van der Waals surface area contributed by atoms with E-state index in [0.717, 1.165) is 37.5 Å². The second-order valence-corrected chi connectivity index (χ2v) is 6.90. The lowest BCUT2D eigenvalue weighted by molar-refractivity contribution is -0.142. The zero-order valence-corrected chi connectivity index (χ0v) is 19.7. The Hall–Kier alpha value is -1.75. The van der Waals surface area contributed by atoms with Crippen LogP contribution in [0.2, 0.25) is 0 Å². The van der Waals surface area contributed by atoms with Gasteiger partial charge in [0.05, 0.1) is 14.2 Å². The number of carbonyl (C=O) groups is 1. The largest absolute Gasteiger partial charge is 0.493 e. The van der Waals surface area contributed by atoms with Gasteiger partial charge in [-0.15, -0.1) is 24.0 Å². The molecule has 162 valence electrons. The van der Waals surface area contributed by atoms with Crippen LogP contribution in [0, 0.1) is 0 Å². The van der Waals surface area contributed by atoms with E-state index in [1.54, 1.807) is 21.3 Å². The molecule has 2 saturated heterocycles. The molecule has 2 heterocycles. The lowest BCUT2D eigenvalue weighted by Crippen LogP contribution is -2.55. The number of guanidine groups is 1. The normalized spacial score (nSPS) is 19.6. The summed E-state index contributed by atoms with van der Waals surface area (Å²) in [6.45, 7) is 4.21. The molecule has 3 rings (SSSR count). The highest BCUT2D eigenvalue weighted by molar-refractivity contribution is 14.0. The number of piperazine rings is 1. The van der Waals surface area contributed by atoms with Crippen LogP contribution in [0.25, 0.3) is 0 Å². The number of ether oxygens (including phenoxy) is 3. The van der Waals surface area contributed by atoms with Gasteiger partial charge >= 0.3 is 0 Å². The number of amides is 1. The smallest absolute Gasteiger partial charge is 0.251 e. The fourth-order valence-electron chi connectivity index (χ4n) is 3.62. The second-order valence-electron chi connectivity index (χ2n) is 6.90. The first-order chi connectivity index (χ1) is 13.7. The van der Waals surface area contributed by atoms with E-state index < -0.39 is 0 Å². The predicted molar refractivity (Wildman–Crippen MR) is 122 cm³/mol. The molecule has 0 radical (unpaired) electrons. The Morgan fingerprint density at radius 1 is 1.17 bits per heavy atom. The molecular formula is C20H31IN4O4. The summed E-state index contributed by atoms with van der Waals surface area (Å²) in [5, 5.41) is 3.39. The van der Waals surface area contributed by atoms with Gasteiger partial charge in [0, 0.05) is 46.4 Å². The Kier molecular flexibility index (Phi) is 9.28. The number of nitrogens with one attached hydrogen (secondary N) is 1. The first-order valence-electron chi connectivity index (χ1n) is 9.73. The van der Waals surface area contributed by atoms with Crippen LogP contribution in [0.3, 0.4) is 0 Å². The van der Waals surface area contributed by atoms with Gasteiger partial charge in [-0.25, -0.2) is 0 Å². The molecule has 1 aromatic rings. The third-order valence-electron chi connectivity index (χ3n) is 5.21. The van der Waals surface area contributed by atoms with Crippen LogP contribution >= 0.6 is 24.0 Å². The number of hydrogen-bond acceptors (Lipinski definition) is 5. The van der Waals surface area contributed by atoms with Gasteiger partial charge in [0.1, 0.15) is 6.10 Å². The minimum Gasteiger partial charge on any atom is -0.493 e. The van der Waals surface area contributed by atoms with Crippen molar-refractivity contribution in [3.05, 3.63) is 23.8 Å². The van der Waals surface area contributed by atoms with E-state index in [-0.39, 0.29) is 36.0 Å². The summed E-state index contributed by atoms with van der Waals surface area (Å²) in [5.41, 5.74) is 1.07. The molecule has 1 amide bonds. The lowest BCUT2D eigenvalue weighted by atomic mass is 10.2. The van der Waals surface area contributed by atoms with Crippen LogP contribution in [-0.2, 0) is 16.1 Å². The number of aliphatic imine (C=N–C) groups is 1. The minimum absolute atomic E-state index is 0. The van der Waals surface area contributed by atoms with E-state index in [4.69, 9.17) is 14.2 Å².